The number of methoxy groups -OCH3 is 2. The van der Waals surface area contributed by atoms with Crippen LogP contribution in [0.1, 0.15) is 77.6 Å². The van der Waals surface area contributed by atoms with Gasteiger partial charge in [0.25, 0.3) is 0 Å². The Morgan fingerprint density at radius 1 is 1.03 bits per heavy atom. The lowest BCUT2D eigenvalue weighted by Gasteiger charge is -2.35. The predicted molar refractivity (Wildman–Crippen MR) is 114 cm³/mol. The Morgan fingerprint density at radius 2 is 1.73 bits per heavy atom. The van der Waals surface area contributed by atoms with Crippen LogP contribution in [-0.4, -0.2) is 60.2 Å². The summed E-state index contributed by atoms with van der Waals surface area (Å²) in [5.41, 5.74) is 1.13. The number of nitrogens with zero attached hydrogens (tertiary/aromatic N) is 2. The van der Waals surface area contributed by atoms with E-state index in [4.69, 9.17) is 19.7 Å². The molecule has 1 heterocycles. The number of ether oxygens (including phenoxy) is 2. The second-order valence-corrected chi connectivity index (χ2v) is 9.43. The highest BCUT2D eigenvalue weighted by Gasteiger charge is 2.42. The maximum Gasteiger partial charge on any atom is 0.303 e. The van der Waals surface area contributed by atoms with E-state index in [1.54, 1.807) is 19.2 Å². The highest BCUT2D eigenvalue weighted by atomic mass is 16.5. The fourth-order valence-electron chi connectivity index (χ4n) is 5.51. The van der Waals surface area contributed by atoms with Gasteiger partial charge < -0.3 is 14.6 Å². The number of hydrazone groups is 1. The first-order valence-corrected chi connectivity index (χ1v) is 11.6. The van der Waals surface area contributed by atoms with Gasteiger partial charge in [0.2, 0.25) is 5.91 Å². The number of carboxylic acids is 1. The molecule has 0 saturated heterocycles. The third-order valence-corrected chi connectivity index (χ3v) is 7.42. The van der Waals surface area contributed by atoms with Crippen molar-refractivity contribution in [2.24, 2.45) is 22.9 Å². The van der Waals surface area contributed by atoms with Gasteiger partial charge in [0.05, 0.1) is 18.2 Å². The normalized spacial score (nSPS) is 34.6. The van der Waals surface area contributed by atoms with Crippen molar-refractivity contribution in [3.8, 4) is 0 Å². The van der Waals surface area contributed by atoms with Gasteiger partial charge in [0.15, 0.2) is 0 Å². The third kappa shape index (κ3) is 5.61. The number of carbonyl (C=O) groups excluding carboxylic acids is 1. The number of carbonyl (C=O) groups is 2. The van der Waals surface area contributed by atoms with Crippen LogP contribution in [0.3, 0.4) is 0 Å². The Balaban J connectivity index is 1.70. The number of aliphatic carboxylic acids is 1. The molecule has 0 radical (unpaired) electrons. The van der Waals surface area contributed by atoms with Crippen LogP contribution < -0.4 is 0 Å². The maximum atomic E-state index is 13.0. The fourth-order valence-corrected chi connectivity index (χ4v) is 5.51. The summed E-state index contributed by atoms with van der Waals surface area (Å²) in [7, 11) is 3.47. The Morgan fingerprint density at radius 3 is 2.37 bits per heavy atom. The SMILES string of the molecule is COC1CCC(C2=NN(C(=O)CCCC(=O)O)C(C3CCC(C)CC3)C2)CC1OC. The van der Waals surface area contributed by atoms with Gasteiger partial charge in [-0.15, -0.1) is 0 Å². The second-order valence-electron chi connectivity index (χ2n) is 9.43. The van der Waals surface area contributed by atoms with Gasteiger partial charge in [-0.25, -0.2) is 5.01 Å². The molecule has 2 aliphatic carbocycles. The summed E-state index contributed by atoms with van der Waals surface area (Å²) in [6.45, 7) is 2.31. The van der Waals surface area contributed by atoms with E-state index >= 15 is 0 Å². The van der Waals surface area contributed by atoms with Crippen molar-refractivity contribution in [2.75, 3.05) is 14.2 Å². The summed E-state index contributed by atoms with van der Waals surface area (Å²) in [4.78, 5) is 23.8. The molecule has 1 N–H and O–H groups in total. The highest BCUT2D eigenvalue weighted by Crippen LogP contribution is 2.39. The van der Waals surface area contributed by atoms with Crippen molar-refractivity contribution < 1.29 is 24.2 Å². The smallest absolute Gasteiger partial charge is 0.303 e. The van der Waals surface area contributed by atoms with Crippen LogP contribution in [-0.2, 0) is 19.1 Å². The number of hydrogen-bond donors (Lipinski definition) is 1. The van der Waals surface area contributed by atoms with Crippen LogP contribution in [0, 0.1) is 17.8 Å². The van der Waals surface area contributed by atoms with Gasteiger partial charge in [-0.2, -0.15) is 5.10 Å². The zero-order valence-electron chi connectivity index (χ0n) is 18.7. The van der Waals surface area contributed by atoms with E-state index in [1.165, 1.54) is 12.8 Å². The van der Waals surface area contributed by atoms with Crippen LogP contribution in [0.25, 0.3) is 0 Å². The molecule has 1 aliphatic heterocycles. The quantitative estimate of drug-likeness (QED) is 0.642. The van der Waals surface area contributed by atoms with Crippen molar-refractivity contribution in [1.82, 2.24) is 5.01 Å². The van der Waals surface area contributed by atoms with Crippen molar-refractivity contribution in [1.29, 1.82) is 0 Å². The van der Waals surface area contributed by atoms with Crippen LogP contribution in [0.5, 0.6) is 0 Å². The van der Waals surface area contributed by atoms with E-state index in [0.29, 0.717) is 18.3 Å². The van der Waals surface area contributed by atoms with Crippen molar-refractivity contribution in [3.05, 3.63) is 0 Å². The van der Waals surface area contributed by atoms with E-state index in [1.807, 2.05) is 0 Å². The summed E-state index contributed by atoms with van der Waals surface area (Å²) < 4.78 is 11.3. The molecule has 4 atom stereocenters. The molecule has 170 valence electrons. The summed E-state index contributed by atoms with van der Waals surface area (Å²) >= 11 is 0. The lowest BCUT2D eigenvalue weighted by molar-refractivity contribution is -0.137. The molecule has 2 fully saturated rings. The maximum absolute atomic E-state index is 13.0. The Bertz CT molecular complexity index is 629. The predicted octanol–water partition coefficient (Wildman–Crippen LogP) is 3.85. The first kappa shape index (κ1) is 23.2. The molecule has 0 aromatic rings. The average Bonchev–Trinajstić information content (AvgIpc) is 3.19. The van der Waals surface area contributed by atoms with Crippen LogP contribution in [0.2, 0.25) is 0 Å². The summed E-state index contributed by atoms with van der Waals surface area (Å²) in [6, 6.07) is 0.131. The Kier molecular flexibility index (Phi) is 8.28. The molecule has 7 nitrogen and oxygen atoms in total. The molecule has 0 aromatic heterocycles. The molecular weight excluding hydrogens is 384 g/mol. The molecule has 1 amide bonds. The van der Waals surface area contributed by atoms with Crippen molar-refractivity contribution in [3.63, 3.8) is 0 Å². The molecule has 4 unspecified atom stereocenters. The molecule has 3 aliphatic rings. The van der Waals surface area contributed by atoms with E-state index in [2.05, 4.69) is 6.92 Å². The van der Waals surface area contributed by atoms with Gasteiger partial charge in [-0.3, -0.25) is 9.59 Å². The minimum Gasteiger partial charge on any atom is -0.481 e. The van der Waals surface area contributed by atoms with Gasteiger partial charge in [0, 0.05) is 45.1 Å². The molecule has 3 rings (SSSR count). The van der Waals surface area contributed by atoms with E-state index < -0.39 is 5.97 Å². The zero-order chi connectivity index (χ0) is 21.7. The number of carboxylic acid groups (broad SMARTS) is 1. The largest absolute Gasteiger partial charge is 0.481 e. The number of amides is 1. The molecule has 2 saturated carbocycles. The molecule has 30 heavy (non-hydrogen) atoms. The average molecular weight is 423 g/mol. The van der Waals surface area contributed by atoms with Gasteiger partial charge >= 0.3 is 5.97 Å². The van der Waals surface area contributed by atoms with Crippen molar-refractivity contribution >= 4 is 17.6 Å². The second kappa shape index (κ2) is 10.7. The number of hydrogen-bond acceptors (Lipinski definition) is 5. The lowest BCUT2D eigenvalue weighted by atomic mass is 9.76. The van der Waals surface area contributed by atoms with E-state index in [9.17, 15) is 9.59 Å². The molecule has 0 spiro atoms. The zero-order valence-corrected chi connectivity index (χ0v) is 18.7. The molecule has 0 bridgehead atoms. The van der Waals surface area contributed by atoms with Crippen LogP contribution in [0.4, 0.5) is 0 Å². The van der Waals surface area contributed by atoms with Crippen LogP contribution >= 0.6 is 0 Å². The molecular formula is C23H38N2O5. The third-order valence-electron chi connectivity index (χ3n) is 7.42. The molecule has 0 aromatic carbocycles. The highest BCUT2D eigenvalue weighted by molar-refractivity contribution is 5.92. The van der Waals surface area contributed by atoms with E-state index in [0.717, 1.165) is 50.2 Å². The minimum absolute atomic E-state index is 0.0243. The van der Waals surface area contributed by atoms with Gasteiger partial charge in [0.1, 0.15) is 0 Å². The standard InChI is InChI=1S/C23H38N2O5/c1-15-7-9-16(10-8-15)19-14-18(17-11-12-20(29-2)21(13-17)30-3)24-25(19)22(26)5-4-6-23(27)28/h15-17,19-21H,4-14H2,1-3H3,(H,27,28). The topological polar surface area (TPSA) is 88.4 Å². The fraction of sp³-hybridized carbons (Fsp3) is 0.870. The minimum atomic E-state index is -0.855. The summed E-state index contributed by atoms with van der Waals surface area (Å²) in [6.07, 6.45) is 9.21. The molecule has 7 heteroatoms. The summed E-state index contributed by atoms with van der Waals surface area (Å²) in [5.74, 6) is 0.688. The Hall–Kier alpha value is -1.47. The van der Waals surface area contributed by atoms with Crippen molar-refractivity contribution in [2.45, 2.75) is 95.8 Å². The van der Waals surface area contributed by atoms with E-state index in [-0.39, 0.29) is 37.0 Å². The van der Waals surface area contributed by atoms with Gasteiger partial charge in [-0.05, 0) is 50.4 Å². The lowest BCUT2D eigenvalue weighted by Crippen LogP contribution is -2.40. The first-order valence-electron chi connectivity index (χ1n) is 11.6. The Labute approximate surface area is 180 Å². The van der Waals surface area contributed by atoms with Crippen LogP contribution in [0.15, 0.2) is 5.10 Å². The first-order chi connectivity index (χ1) is 14.4. The summed E-state index contributed by atoms with van der Waals surface area (Å²) in [5, 5.41) is 15.5. The van der Waals surface area contributed by atoms with Gasteiger partial charge in [-0.1, -0.05) is 19.8 Å². The monoisotopic (exact) mass is 422 g/mol. The number of rotatable bonds is 8.